The van der Waals surface area contributed by atoms with E-state index < -0.39 is 5.60 Å². The average Bonchev–Trinajstić information content (AvgIpc) is 2.41. The van der Waals surface area contributed by atoms with Crippen LogP contribution in [0.1, 0.15) is 25.3 Å². The van der Waals surface area contributed by atoms with E-state index in [9.17, 15) is 9.90 Å². The number of amides is 1. The monoisotopic (exact) mass is 307 g/mol. The molecule has 1 aliphatic heterocycles. The molecular weight excluding hydrogens is 286 g/mol. The predicted molar refractivity (Wildman–Crippen MR) is 87.3 cm³/mol. The fourth-order valence-corrected chi connectivity index (χ4v) is 2.47. The highest BCUT2D eigenvalue weighted by Crippen LogP contribution is 2.20. The number of nitrogens with two attached hydrogens (primary N) is 1. The molecule has 0 unspecified atom stereocenters. The molecule has 0 spiro atoms. The van der Waals surface area contributed by atoms with Gasteiger partial charge in [0.25, 0.3) is 0 Å². The van der Waals surface area contributed by atoms with Gasteiger partial charge in [0.2, 0.25) is 5.91 Å². The number of nitrogens with zero attached hydrogens (tertiary/aromatic N) is 1. The molecule has 2 rings (SSSR count). The number of anilines is 1. The molecule has 114 valence electrons. The SMILES string of the molecule is CC1(O)CCN(CC(=O)Nc2cccc(C(N)=S)c2)CC1. The molecule has 4 N–H and O–H groups in total. The van der Waals surface area contributed by atoms with Gasteiger partial charge in [-0.25, -0.2) is 0 Å². The van der Waals surface area contributed by atoms with Crippen molar-refractivity contribution in [3.8, 4) is 0 Å². The molecule has 0 aliphatic carbocycles. The maximum Gasteiger partial charge on any atom is 0.238 e. The highest BCUT2D eigenvalue weighted by Gasteiger charge is 2.27. The molecule has 1 amide bonds. The number of hydrogen-bond donors (Lipinski definition) is 3. The smallest absolute Gasteiger partial charge is 0.238 e. The van der Waals surface area contributed by atoms with Crippen molar-refractivity contribution in [2.24, 2.45) is 5.73 Å². The molecule has 0 saturated carbocycles. The number of thiocarbonyl (C=S) groups is 1. The van der Waals surface area contributed by atoms with Crippen molar-refractivity contribution in [3.05, 3.63) is 29.8 Å². The van der Waals surface area contributed by atoms with E-state index in [1.54, 1.807) is 12.1 Å². The van der Waals surface area contributed by atoms with Gasteiger partial charge in [0.1, 0.15) is 4.99 Å². The quantitative estimate of drug-likeness (QED) is 0.726. The Balaban J connectivity index is 1.88. The van der Waals surface area contributed by atoms with Crippen LogP contribution in [-0.2, 0) is 4.79 Å². The predicted octanol–water partition coefficient (Wildman–Crippen LogP) is 1.11. The zero-order valence-corrected chi connectivity index (χ0v) is 12.9. The molecule has 1 fully saturated rings. The molecular formula is C15H21N3O2S. The second-order valence-corrected chi connectivity index (χ2v) is 6.21. The summed E-state index contributed by atoms with van der Waals surface area (Å²) in [4.78, 5) is 14.4. The number of carbonyl (C=O) groups excluding carboxylic acids is 1. The van der Waals surface area contributed by atoms with Crippen molar-refractivity contribution >= 4 is 28.8 Å². The Morgan fingerprint density at radius 1 is 1.48 bits per heavy atom. The van der Waals surface area contributed by atoms with Crippen LogP contribution in [0.3, 0.4) is 0 Å². The first-order chi connectivity index (χ1) is 9.85. The van der Waals surface area contributed by atoms with Crippen LogP contribution in [-0.4, -0.2) is 46.1 Å². The van der Waals surface area contributed by atoms with Gasteiger partial charge in [0.05, 0.1) is 12.1 Å². The summed E-state index contributed by atoms with van der Waals surface area (Å²) in [7, 11) is 0. The van der Waals surface area contributed by atoms with Crippen LogP contribution in [0.15, 0.2) is 24.3 Å². The van der Waals surface area contributed by atoms with Crippen LogP contribution in [0.5, 0.6) is 0 Å². The van der Waals surface area contributed by atoms with E-state index >= 15 is 0 Å². The minimum absolute atomic E-state index is 0.0726. The number of piperidine rings is 1. The summed E-state index contributed by atoms with van der Waals surface area (Å²) >= 11 is 4.92. The van der Waals surface area contributed by atoms with Crippen LogP contribution in [0.25, 0.3) is 0 Å². The highest BCUT2D eigenvalue weighted by atomic mass is 32.1. The topological polar surface area (TPSA) is 78.6 Å². The Morgan fingerprint density at radius 3 is 2.76 bits per heavy atom. The van der Waals surface area contributed by atoms with Crippen molar-refractivity contribution in [2.45, 2.75) is 25.4 Å². The molecule has 1 aromatic rings. The van der Waals surface area contributed by atoms with Crippen LogP contribution in [0, 0.1) is 0 Å². The van der Waals surface area contributed by atoms with E-state index in [-0.39, 0.29) is 5.91 Å². The van der Waals surface area contributed by atoms with Crippen LogP contribution < -0.4 is 11.1 Å². The standard InChI is InChI=1S/C15H21N3O2S/c1-15(20)5-7-18(8-6-15)10-13(19)17-12-4-2-3-11(9-12)14(16)21/h2-4,9,20H,5-8,10H2,1H3,(H2,16,21)(H,17,19). The van der Waals surface area contributed by atoms with E-state index in [0.717, 1.165) is 18.7 Å². The molecule has 5 nitrogen and oxygen atoms in total. The molecule has 1 heterocycles. The average molecular weight is 307 g/mol. The molecule has 0 atom stereocenters. The third-order valence-corrected chi connectivity index (χ3v) is 3.97. The lowest BCUT2D eigenvalue weighted by atomic mass is 9.94. The minimum Gasteiger partial charge on any atom is -0.390 e. The van der Waals surface area contributed by atoms with Gasteiger partial charge in [-0.05, 0) is 31.9 Å². The first kappa shape index (κ1) is 15.9. The number of nitrogens with one attached hydrogen (secondary N) is 1. The number of benzene rings is 1. The normalized spacial score (nSPS) is 18.2. The Bertz CT molecular complexity index is 535. The first-order valence-electron chi connectivity index (χ1n) is 7.00. The third kappa shape index (κ3) is 4.77. The summed E-state index contributed by atoms with van der Waals surface area (Å²) in [6.45, 7) is 3.62. The lowest BCUT2D eigenvalue weighted by Gasteiger charge is -2.35. The maximum absolute atomic E-state index is 12.0. The van der Waals surface area contributed by atoms with Gasteiger partial charge in [-0.2, -0.15) is 0 Å². The third-order valence-electron chi connectivity index (χ3n) is 3.73. The van der Waals surface area contributed by atoms with Gasteiger partial charge in [-0.3, -0.25) is 9.69 Å². The van der Waals surface area contributed by atoms with Gasteiger partial charge in [-0.15, -0.1) is 0 Å². The summed E-state index contributed by atoms with van der Waals surface area (Å²) in [5.74, 6) is -0.0726. The first-order valence-corrected chi connectivity index (χ1v) is 7.41. The maximum atomic E-state index is 12.0. The summed E-state index contributed by atoms with van der Waals surface area (Å²) in [6, 6.07) is 7.19. The molecule has 1 saturated heterocycles. The van der Waals surface area contributed by atoms with Crippen molar-refractivity contribution in [3.63, 3.8) is 0 Å². The Morgan fingerprint density at radius 2 is 2.14 bits per heavy atom. The number of carbonyl (C=O) groups is 1. The van der Waals surface area contributed by atoms with E-state index in [0.29, 0.717) is 30.1 Å². The van der Waals surface area contributed by atoms with E-state index in [4.69, 9.17) is 18.0 Å². The lowest BCUT2D eigenvalue weighted by Crippen LogP contribution is -2.45. The second kappa shape index (κ2) is 6.51. The van der Waals surface area contributed by atoms with Gasteiger partial charge >= 0.3 is 0 Å². The van der Waals surface area contributed by atoms with Gasteiger partial charge in [0, 0.05) is 24.3 Å². The van der Waals surface area contributed by atoms with Crippen LogP contribution in [0.2, 0.25) is 0 Å². The van der Waals surface area contributed by atoms with Crippen molar-refractivity contribution < 1.29 is 9.90 Å². The molecule has 1 aliphatic rings. The second-order valence-electron chi connectivity index (χ2n) is 5.77. The fourth-order valence-electron chi connectivity index (χ4n) is 2.35. The Labute approximate surface area is 130 Å². The minimum atomic E-state index is -0.599. The molecule has 1 aromatic carbocycles. The van der Waals surface area contributed by atoms with Crippen molar-refractivity contribution in [1.29, 1.82) is 0 Å². The van der Waals surface area contributed by atoms with Crippen LogP contribution in [0.4, 0.5) is 5.69 Å². The van der Waals surface area contributed by atoms with Gasteiger partial charge < -0.3 is 16.2 Å². The highest BCUT2D eigenvalue weighted by molar-refractivity contribution is 7.80. The van der Waals surface area contributed by atoms with Gasteiger partial charge in [0.15, 0.2) is 0 Å². The fraction of sp³-hybridized carbons (Fsp3) is 0.467. The Hall–Kier alpha value is -1.50. The van der Waals surface area contributed by atoms with E-state index in [1.807, 2.05) is 24.0 Å². The number of rotatable bonds is 4. The number of hydrogen-bond acceptors (Lipinski definition) is 4. The van der Waals surface area contributed by atoms with Crippen molar-refractivity contribution in [1.82, 2.24) is 4.90 Å². The molecule has 0 aromatic heterocycles. The summed E-state index contributed by atoms with van der Waals surface area (Å²) in [5, 5.41) is 12.7. The largest absolute Gasteiger partial charge is 0.390 e. The van der Waals surface area contributed by atoms with Crippen LogP contribution >= 0.6 is 12.2 Å². The van der Waals surface area contributed by atoms with E-state index in [1.165, 1.54) is 0 Å². The zero-order chi connectivity index (χ0) is 15.5. The molecule has 6 heteroatoms. The number of likely N-dealkylation sites (tertiary alicyclic amines) is 1. The summed E-state index contributed by atoms with van der Waals surface area (Å²) < 4.78 is 0. The lowest BCUT2D eigenvalue weighted by molar-refractivity contribution is -0.118. The summed E-state index contributed by atoms with van der Waals surface area (Å²) in [5.41, 5.74) is 6.40. The van der Waals surface area contributed by atoms with Gasteiger partial charge in [-0.1, -0.05) is 24.4 Å². The molecule has 21 heavy (non-hydrogen) atoms. The summed E-state index contributed by atoms with van der Waals surface area (Å²) in [6.07, 6.45) is 1.38. The number of aliphatic hydroxyl groups is 1. The molecule has 0 bridgehead atoms. The Kier molecular flexibility index (Phi) is 4.92. The zero-order valence-electron chi connectivity index (χ0n) is 12.1. The molecule has 0 radical (unpaired) electrons. The van der Waals surface area contributed by atoms with E-state index in [2.05, 4.69) is 5.32 Å². The van der Waals surface area contributed by atoms with Crippen molar-refractivity contribution in [2.75, 3.05) is 25.0 Å².